The van der Waals surface area contributed by atoms with Gasteiger partial charge in [0, 0.05) is 5.88 Å². The molecule has 0 radical (unpaired) electrons. The predicted molar refractivity (Wildman–Crippen MR) is 42.0 cm³/mol. The molecule has 0 rings (SSSR count). The van der Waals surface area contributed by atoms with Gasteiger partial charge in [0.25, 0.3) is 0 Å². The van der Waals surface area contributed by atoms with Crippen LogP contribution in [0.15, 0.2) is 0 Å². The van der Waals surface area contributed by atoms with Gasteiger partial charge in [-0.05, 0) is 0 Å². The van der Waals surface area contributed by atoms with Crippen molar-refractivity contribution in [1.82, 2.24) is 0 Å². The number of rotatable bonds is 3. The van der Waals surface area contributed by atoms with Gasteiger partial charge in [0.1, 0.15) is 5.38 Å². The summed E-state index contributed by atoms with van der Waals surface area (Å²) in [7, 11) is 1.25. The van der Waals surface area contributed by atoms with Crippen molar-refractivity contribution in [2.45, 2.75) is 10.8 Å². The van der Waals surface area contributed by atoms with Crippen LogP contribution in [0.5, 0.6) is 0 Å². The Bertz CT molecular complexity index is 117. The van der Waals surface area contributed by atoms with Crippen molar-refractivity contribution in [3.63, 3.8) is 0 Å². The molecule has 0 saturated heterocycles. The second kappa shape index (κ2) is 5.05. The van der Waals surface area contributed by atoms with E-state index in [9.17, 15) is 4.79 Å². The van der Waals surface area contributed by atoms with E-state index in [1.807, 2.05) is 0 Å². The maximum atomic E-state index is 10.6. The summed E-state index contributed by atoms with van der Waals surface area (Å²) >= 11 is 16.3. The molecule has 0 amide bonds. The van der Waals surface area contributed by atoms with Crippen LogP contribution in [0.4, 0.5) is 0 Å². The Balaban J connectivity index is 3.81. The van der Waals surface area contributed by atoms with Gasteiger partial charge in [-0.3, -0.25) is 4.79 Å². The van der Waals surface area contributed by atoms with Crippen LogP contribution in [0.1, 0.15) is 0 Å². The van der Waals surface area contributed by atoms with Crippen LogP contribution in [-0.2, 0) is 9.53 Å². The van der Waals surface area contributed by atoms with Crippen molar-refractivity contribution in [2.75, 3.05) is 13.0 Å². The summed E-state index contributed by atoms with van der Waals surface area (Å²) in [4.78, 5) is 10.6. The zero-order chi connectivity index (χ0) is 8.15. The highest BCUT2D eigenvalue weighted by atomic mass is 35.5. The van der Waals surface area contributed by atoms with Gasteiger partial charge >= 0.3 is 5.97 Å². The number of methoxy groups -OCH3 is 1. The molecule has 0 aliphatic carbocycles. The summed E-state index contributed by atoms with van der Waals surface area (Å²) in [5, 5.41) is -1.43. The molecular weight excluding hydrogens is 198 g/mol. The smallest absolute Gasteiger partial charge is 0.325 e. The monoisotopic (exact) mass is 204 g/mol. The first-order chi connectivity index (χ1) is 4.63. The van der Waals surface area contributed by atoms with E-state index in [-0.39, 0.29) is 5.88 Å². The Kier molecular flexibility index (Phi) is 5.22. The second-order valence-electron chi connectivity index (χ2n) is 1.60. The lowest BCUT2D eigenvalue weighted by Crippen LogP contribution is -2.27. The van der Waals surface area contributed by atoms with Crippen molar-refractivity contribution >= 4 is 40.8 Å². The second-order valence-corrected chi connectivity index (χ2v) is 2.93. The number of halogens is 3. The first kappa shape index (κ1) is 10.3. The van der Waals surface area contributed by atoms with Gasteiger partial charge in [0.05, 0.1) is 12.5 Å². The topological polar surface area (TPSA) is 26.3 Å². The molecule has 0 aliphatic rings. The van der Waals surface area contributed by atoms with Crippen LogP contribution in [0.2, 0.25) is 0 Å². The molecular formula is C5H7Cl3O2. The molecule has 0 heterocycles. The van der Waals surface area contributed by atoms with Gasteiger partial charge in [0.2, 0.25) is 0 Å². The Morgan fingerprint density at radius 2 is 2.10 bits per heavy atom. The van der Waals surface area contributed by atoms with Crippen LogP contribution in [0, 0.1) is 0 Å². The van der Waals surface area contributed by atoms with Crippen molar-refractivity contribution in [1.29, 1.82) is 0 Å². The molecule has 0 aromatic rings. The van der Waals surface area contributed by atoms with Gasteiger partial charge in [0.15, 0.2) is 0 Å². The van der Waals surface area contributed by atoms with E-state index in [0.717, 1.165) is 0 Å². The average Bonchev–Trinajstić information content (AvgIpc) is 2.00. The van der Waals surface area contributed by atoms with Crippen LogP contribution in [-0.4, -0.2) is 29.7 Å². The molecule has 2 nitrogen and oxygen atoms in total. The average molecular weight is 205 g/mol. The van der Waals surface area contributed by atoms with Crippen molar-refractivity contribution in [3.8, 4) is 0 Å². The quantitative estimate of drug-likeness (QED) is 0.517. The zero-order valence-electron chi connectivity index (χ0n) is 5.31. The normalized spacial score (nSPS) is 16.0. The predicted octanol–water partition coefficient (Wildman–Crippen LogP) is 1.61. The summed E-state index contributed by atoms with van der Waals surface area (Å²) in [6, 6.07) is 0. The molecule has 0 bridgehead atoms. The fourth-order valence-electron chi connectivity index (χ4n) is 0.338. The number of carbonyl (C=O) groups excluding carboxylic acids is 1. The van der Waals surface area contributed by atoms with E-state index in [2.05, 4.69) is 4.74 Å². The molecule has 5 heteroatoms. The van der Waals surface area contributed by atoms with Crippen LogP contribution >= 0.6 is 34.8 Å². The summed E-state index contributed by atoms with van der Waals surface area (Å²) in [6.45, 7) is 0. The van der Waals surface area contributed by atoms with Gasteiger partial charge in [-0.15, -0.1) is 34.8 Å². The van der Waals surface area contributed by atoms with E-state index >= 15 is 0 Å². The largest absolute Gasteiger partial charge is 0.468 e. The van der Waals surface area contributed by atoms with Gasteiger partial charge in [-0.25, -0.2) is 0 Å². The third-order valence-corrected chi connectivity index (χ3v) is 2.40. The molecule has 0 aliphatic heterocycles. The number of hydrogen-bond donors (Lipinski definition) is 0. The van der Waals surface area contributed by atoms with Crippen molar-refractivity contribution in [3.05, 3.63) is 0 Å². The van der Waals surface area contributed by atoms with E-state index in [1.54, 1.807) is 0 Å². The number of esters is 1. The number of hydrogen-bond acceptors (Lipinski definition) is 2. The van der Waals surface area contributed by atoms with Gasteiger partial charge in [-0.2, -0.15) is 0 Å². The van der Waals surface area contributed by atoms with Crippen LogP contribution < -0.4 is 0 Å². The molecule has 2 unspecified atom stereocenters. The third kappa shape index (κ3) is 2.95. The van der Waals surface area contributed by atoms with E-state index < -0.39 is 16.7 Å². The molecule has 0 fully saturated rings. The molecule has 0 aromatic carbocycles. The highest BCUT2D eigenvalue weighted by molar-refractivity contribution is 6.39. The minimum absolute atomic E-state index is 0.130. The Morgan fingerprint density at radius 3 is 2.40 bits per heavy atom. The highest BCUT2D eigenvalue weighted by Gasteiger charge is 2.23. The fraction of sp³-hybridized carbons (Fsp3) is 0.800. The lowest BCUT2D eigenvalue weighted by molar-refractivity contribution is -0.140. The molecule has 0 aromatic heterocycles. The lowest BCUT2D eigenvalue weighted by Gasteiger charge is -2.09. The van der Waals surface area contributed by atoms with E-state index in [1.165, 1.54) is 7.11 Å². The Labute approximate surface area is 74.4 Å². The lowest BCUT2D eigenvalue weighted by atomic mass is 10.3. The number of ether oxygens (including phenoxy) is 1. The molecule has 10 heavy (non-hydrogen) atoms. The van der Waals surface area contributed by atoms with E-state index in [0.29, 0.717) is 0 Å². The SMILES string of the molecule is COC(=O)C(Cl)C(Cl)CCl. The highest BCUT2D eigenvalue weighted by Crippen LogP contribution is 2.12. The van der Waals surface area contributed by atoms with Crippen molar-refractivity contribution < 1.29 is 9.53 Å². The molecule has 0 N–H and O–H groups in total. The minimum Gasteiger partial charge on any atom is -0.468 e. The first-order valence-corrected chi connectivity index (χ1v) is 3.96. The Morgan fingerprint density at radius 1 is 1.60 bits per heavy atom. The summed E-state index contributed by atoms with van der Waals surface area (Å²) in [5.74, 6) is -0.424. The van der Waals surface area contributed by atoms with E-state index in [4.69, 9.17) is 34.8 Å². The van der Waals surface area contributed by atoms with Crippen LogP contribution in [0.25, 0.3) is 0 Å². The van der Waals surface area contributed by atoms with Gasteiger partial charge in [-0.1, -0.05) is 0 Å². The first-order valence-electron chi connectivity index (χ1n) is 2.55. The molecule has 60 valence electrons. The molecule has 0 saturated carbocycles. The third-order valence-electron chi connectivity index (χ3n) is 0.891. The maximum Gasteiger partial charge on any atom is 0.325 e. The number of carbonyl (C=O) groups is 1. The minimum atomic E-state index is -0.857. The van der Waals surface area contributed by atoms with Crippen LogP contribution in [0.3, 0.4) is 0 Å². The number of alkyl halides is 3. The standard InChI is InChI=1S/C5H7Cl3O2/c1-10-5(9)4(8)3(7)2-6/h3-4H,2H2,1H3. The fourth-order valence-corrected chi connectivity index (χ4v) is 0.889. The summed E-state index contributed by atoms with van der Waals surface area (Å²) in [5.41, 5.74) is 0. The maximum absolute atomic E-state index is 10.6. The van der Waals surface area contributed by atoms with Crippen molar-refractivity contribution in [2.24, 2.45) is 0 Å². The Hall–Kier alpha value is 0.340. The zero-order valence-corrected chi connectivity index (χ0v) is 7.58. The summed E-state index contributed by atoms with van der Waals surface area (Å²) < 4.78 is 4.32. The van der Waals surface area contributed by atoms with Gasteiger partial charge < -0.3 is 4.74 Å². The molecule has 2 atom stereocenters. The summed E-state index contributed by atoms with van der Waals surface area (Å²) in [6.07, 6.45) is 0. The molecule has 0 spiro atoms.